The number of aliphatic hydroxyl groups excluding tert-OH is 1. The van der Waals surface area contributed by atoms with Crippen LogP contribution >= 0.6 is 0 Å². The van der Waals surface area contributed by atoms with E-state index in [1.807, 2.05) is 0 Å². The lowest BCUT2D eigenvalue weighted by Crippen LogP contribution is -2.35. The van der Waals surface area contributed by atoms with E-state index in [4.69, 9.17) is 0 Å². The zero-order chi connectivity index (χ0) is 13.7. The minimum absolute atomic E-state index is 0.0176. The minimum atomic E-state index is -3.95. The topological polar surface area (TPSA) is 102 Å². The van der Waals surface area contributed by atoms with Crippen LogP contribution in [0.25, 0.3) is 5.76 Å². The van der Waals surface area contributed by atoms with Crippen molar-refractivity contribution in [3.05, 3.63) is 17.5 Å². The molecule has 1 aromatic rings. The van der Waals surface area contributed by atoms with Crippen LogP contribution in [0.5, 0.6) is 0 Å². The van der Waals surface area contributed by atoms with Crippen molar-refractivity contribution < 1.29 is 23.1 Å². The van der Waals surface area contributed by atoms with Gasteiger partial charge in [-0.3, -0.25) is 8.99 Å². The van der Waals surface area contributed by atoms with Crippen LogP contribution in [-0.2, 0) is 26.6 Å². The third-order valence-electron chi connectivity index (χ3n) is 2.57. The number of hydrogen-bond donors (Lipinski definition) is 1. The second kappa shape index (κ2) is 3.73. The van der Waals surface area contributed by atoms with Crippen molar-refractivity contribution >= 4 is 21.8 Å². The summed E-state index contributed by atoms with van der Waals surface area (Å²) in [6, 6.07) is 0. The van der Waals surface area contributed by atoms with Gasteiger partial charge in [0.2, 0.25) is 5.03 Å². The Labute approximate surface area is 103 Å². The Bertz CT molecular complexity index is 658. The second-order valence-electron chi connectivity index (χ2n) is 3.68. The summed E-state index contributed by atoms with van der Waals surface area (Å²) in [4.78, 5) is 11.5. The summed E-state index contributed by atoms with van der Waals surface area (Å²) in [6.45, 7) is 0. The molecule has 0 spiro atoms. The van der Waals surface area contributed by atoms with Gasteiger partial charge >= 0.3 is 5.97 Å². The summed E-state index contributed by atoms with van der Waals surface area (Å²) >= 11 is 0. The molecule has 0 atom stereocenters. The highest BCUT2D eigenvalue weighted by atomic mass is 32.2. The van der Waals surface area contributed by atoms with Crippen LogP contribution in [0.4, 0.5) is 0 Å². The standard InChI is InChI=1S/C9H11N3O5S/c1-11-4-5-7(13)6(9(14)17-3)12(2)18(15,16)8(5)10-11/h4,13H,1-3H3. The van der Waals surface area contributed by atoms with Gasteiger partial charge in [0, 0.05) is 20.3 Å². The van der Waals surface area contributed by atoms with E-state index in [0.29, 0.717) is 4.31 Å². The predicted molar refractivity (Wildman–Crippen MR) is 59.7 cm³/mol. The first-order valence-corrected chi connectivity index (χ1v) is 6.29. The van der Waals surface area contributed by atoms with E-state index in [-0.39, 0.29) is 10.6 Å². The number of aryl methyl sites for hydroxylation is 1. The minimum Gasteiger partial charge on any atom is -0.505 e. The Kier molecular flexibility index (Phi) is 2.58. The van der Waals surface area contributed by atoms with Crippen molar-refractivity contribution in [3.8, 4) is 0 Å². The molecule has 0 saturated heterocycles. The Morgan fingerprint density at radius 1 is 1.44 bits per heavy atom. The molecule has 0 aromatic carbocycles. The smallest absolute Gasteiger partial charge is 0.359 e. The van der Waals surface area contributed by atoms with Gasteiger partial charge in [-0.05, 0) is 0 Å². The Hall–Kier alpha value is -2.03. The molecule has 2 heterocycles. The molecule has 1 aliphatic rings. The fourth-order valence-corrected chi connectivity index (χ4v) is 2.99. The molecule has 0 aliphatic carbocycles. The van der Waals surface area contributed by atoms with Crippen molar-refractivity contribution in [2.75, 3.05) is 14.2 Å². The molecule has 0 radical (unpaired) electrons. The molecule has 98 valence electrons. The third kappa shape index (κ3) is 1.47. The van der Waals surface area contributed by atoms with Gasteiger partial charge in [0.1, 0.15) is 0 Å². The Balaban J connectivity index is 2.80. The maximum atomic E-state index is 12.1. The van der Waals surface area contributed by atoms with Crippen LogP contribution in [0.1, 0.15) is 5.56 Å². The number of sulfonamides is 1. The average Bonchev–Trinajstić information content (AvgIpc) is 2.70. The lowest BCUT2D eigenvalue weighted by atomic mass is 10.2. The zero-order valence-corrected chi connectivity index (χ0v) is 10.7. The molecule has 18 heavy (non-hydrogen) atoms. The van der Waals surface area contributed by atoms with Gasteiger partial charge in [0.05, 0.1) is 12.7 Å². The molecule has 0 unspecified atom stereocenters. The molecule has 0 amide bonds. The Morgan fingerprint density at radius 2 is 2.06 bits per heavy atom. The number of fused-ring (bicyclic) bond motifs is 1. The molecule has 2 rings (SSSR count). The van der Waals surface area contributed by atoms with Crippen LogP contribution in [0, 0.1) is 0 Å². The van der Waals surface area contributed by atoms with Gasteiger partial charge < -0.3 is 9.84 Å². The quantitative estimate of drug-likeness (QED) is 0.689. The largest absolute Gasteiger partial charge is 0.505 e. The summed E-state index contributed by atoms with van der Waals surface area (Å²) in [6.07, 6.45) is 1.32. The number of hydrogen-bond acceptors (Lipinski definition) is 6. The summed E-state index contributed by atoms with van der Waals surface area (Å²) in [5.74, 6) is -1.41. The first-order valence-electron chi connectivity index (χ1n) is 4.85. The number of likely N-dealkylation sites (N-methyl/N-ethyl adjacent to an activating group) is 1. The van der Waals surface area contributed by atoms with E-state index in [1.54, 1.807) is 0 Å². The van der Waals surface area contributed by atoms with Gasteiger partial charge in [0.25, 0.3) is 10.0 Å². The van der Waals surface area contributed by atoms with Crippen molar-refractivity contribution in [3.63, 3.8) is 0 Å². The molecular formula is C9H11N3O5S. The van der Waals surface area contributed by atoms with Gasteiger partial charge in [-0.25, -0.2) is 4.79 Å². The lowest BCUT2D eigenvalue weighted by molar-refractivity contribution is -0.137. The molecule has 0 saturated carbocycles. The first-order chi connectivity index (χ1) is 8.30. The van der Waals surface area contributed by atoms with Crippen molar-refractivity contribution in [1.29, 1.82) is 0 Å². The number of methoxy groups -OCH3 is 1. The average molecular weight is 273 g/mol. The number of rotatable bonds is 1. The predicted octanol–water partition coefficient (Wildman–Crippen LogP) is -0.546. The normalized spacial score (nSPS) is 17.6. The zero-order valence-electron chi connectivity index (χ0n) is 9.91. The molecule has 0 fully saturated rings. The van der Waals surface area contributed by atoms with E-state index in [9.17, 15) is 18.3 Å². The maximum absolute atomic E-state index is 12.1. The number of esters is 1. The highest BCUT2D eigenvalue weighted by molar-refractivity contribution is 7.89. The molecule has 9 heteroatoms. The van der Waals surface area contributed by atoms with Crippen molar-refractivity contribution in [2.24, 2.45) is 7.05 Å². The third-order valence-corrected chi connectivity index (χ3v) is 4.27. The highest BCUT2D eigenvalue weighted by Gasteiger charge is 2.40. The van der Waals surface area contributed by atoms with E-state index in [1.165, 1.54) is 17.9 Å². The number of carbonyl (C=O) groups is 1. The molecule has 0 bridgehead atoms. The van der Waals surface area contributed by atoms with E-state index in [0.717, 1.165) is 14.2 Å². The SMILES string of the molecule is COC(=O)C1=C(O)c2cn(C)nc2S(=O)(=O)N1C. The summed E-state index contributed by atoms with van der Waals surface area (Å²) < 4.78 is 30.5. The number of aliphatic hydroxyl groups is 1. The van der Waals surface area contributed by atoms with Gasteiger partial charge in [0.15, 0.2) is 11.5 Å². The molecule has 8 nitrogen and oxygen atoms in total. The van der Waals surface area contributed by atoms with E-state index in [2.05, 4.69) is 9.84 Å². The number of carbonyl (C=O) groups excluding carboxylic acids is 1. The molecule has 1 aliphatic heterocycles. The fraction of sp³-hybridized carbons (Fsp3) is 0.333. The first kappa shape index (κ1) is 12.4. The van der Waals surface area contributed by atoms with Crippen LogP contribution < -0.4 is 0 Å². The van der Waals surface area contributed by atoms with Gasteiger partial charge in [-0.1, -0.05) is 0 Å². The van der Waals surface area contributed by atoms with E-state index < -0.39 is 27.4 Å². The molecule has 1 N–H and O–H groups in total. The summed E-state index contributed by atoms with van der Waals surface area (Å²) in [5.41, 5.74) is -0.450. The van der Waals surface area contributed by atoms with Crippen LogP contribution in [0.2, 0.25) is 0 Å². The van der Waals surface area contributed by atoms with Gasteiger partial charge in [-0.2, -0.15) is 13.5 Å². The highest BCUT2D eigenvalue weighted by Crippen LogP contribution is 2.33. The molecular weight excluding hydrogens is 262 g/mol. The van der Waals surface area contributed by atoms with Crippen LogP contribution in [0.3, 0.4) is 0 Å². The summed E-state index contributed by atoms with van der Waals surface area (Å²) in [7, 11) is -0.194. The number of nitrogens with zero attached hydrogens (tertiary/aromatic N) is 3. The maximum Gasteiger partial charge on any atom is 0.359 e. The molecule has 1 aromatic heterocycles. The van der Waals surface area contributed by atoms with Crippen LogP contribution in [0.15, 0.2) is 16.9 Å². The number of aromatic nitrogens is 2. The fourth-order valence-electron chi connectivity index (χ4n) is 1.67. The summed E-state index contributed by atoms with van der Waals surface area (Å²) in [5, 5.41) is 13.4. The monoisotopic (exact) mass is 273 g/mol. The van der Waals surface area contributed by atoms with Gasteiger partial charge in [-0.15, -0.1) is 0 Å². The lowest BCUT2D eigenvalue weighted by Gasteiger charge is -2.24. The van der Waals surface area contributed by atoms with Crippen molar-refractivity contribution in [1.82, 2.24) is 14.1 Å². The number of ether oxygens (including phenoxy) is 1. The Morgan fingerprint density at radius 3 is 2.61 bits per heavy atom. The second-order valence-corrected chi connectivity index (χ2v) is 5.57. The van der Waals surface area contributed by atoms with E-state index >= 15 is 0 Å². The van der Waals surface area contributed by atoms with Crippen LogP contribution in [-0.4, -0.2) is 47.7 Å². The van der Waals surface area contributed by atoms with Crippen molar-refractivity contribution in [2.45, 2.75) is 5.03 Å².